The summed E-state index contributed by atoms with van der Waals surface area (Å²) in [6, 6.07) is 1.85. The van der Waals surface area contributed by atoms with Crippen LogP contribution in [0.4, 0.5) is 0 Å². The molecule has 0 atom stereocenters. The average molecular weight is 263 g/mol. The topological polar surface area (TPSA) is 42.1 Å². The van der Waals surface area contributed by atoms with Gasteiger partial charge in [0.2, 0.25) is 0 Å². The standard InChI is InChI=1S/C7H6INO2/c8-6-3-5-4(1-2-11-5)7(10)9-6/h3H,1-2H2,(H,9,10). The fourth-order valence-electron chi connectivity index (χ4n) is 1.16. The van der Waals surface area contributed by atoms with Gasteiger partial charge in [0.15, 0.2) is 0 Å². The largest absolute Gasteiger partial charge is 0.493 e. The van der Waals surface area contributed by atoms with E-state index in [-0.39, 0.29) is 5.56 Å². The Labute approximate surface area is 76.9 Å². The zero-order valence-corrected chi connectivity index (χ0v) is 7.84. The second kappa shape index (κ2) is 2.51. The first kappa shape index (κ1) is 7.15. The van der Waals surface area contributed by atoms with Crippen LogP contribution in [0.5, 0.6) is 5.75 Å². The normalized spacial score (nSPS) is 14.3. The summed E-state index contributed by atoms with van der Waals surface area (Å²) in [7, 11) is 0. The predicted octanol–water partition coefficient (Wildman–Crippen LogP) is 0.914. The van der Waals surface area contributed by atoms with Crippen LogP contribution in [-0.2, 0) is 6.42 Å². The quantitative estimate of drug-likeness (QED) is 0.558. The van der Waals surface area contributed by atoms with E-state index in [0.29, 0.717) is 6.61 Å². The Morgan fingerprint density at radius 2 is 2.45 bits per heavy atom. The van der Waals surface area contributed by atoms with Crippen molar-refractivity contribution in [1.82, 2.24) is 4.98 Å². The van der Waals surface area contributed by atoms with Gasteiger partial charge in [-0.1, -0.05) is 0 Å². The molecule has 0 aromatic carbocycles. The Kier molecular flexibility index (Phi) is 1.63. The highest BCUT2D eigenvalue weighted by Gasteiger charge is 2.15. The molecule has 11 heavy (non-hydrogen) atoms. The van der Waals surface area contributed by atoms with E-state index in [0.717, 1.165) is 21.4 Å². The smallest absolute Gasteiger partial charge is 0.255 e. The van der Waals surface area contributed by atoms with Crippen molar-refractivity contribution in [3.05, 3.63) is 25.7 Å². The number of fused-ring (bicyclic) bond motifs is 1. The maximum absolute atomic E-state index is 11.2. The summed E-state index contributed by atoms with van der Waals surface area (Å²) in [4.78, 5) is 13.9. The van der Waals surface area contributed by atoms with Gasteiger partial charge in [0.05, 0.1) is 15.9 Å². The van der Waals surface area contributed by atoms with Crippen LogP contribution in [0, 0.1) is 3.70 Å². The molecule has 1 N–H and O–H groups in total. The molecule has 0 bridgehead atoms. The zero-order chi connectivity index (χ0) is 7.84. The third kappa shape index (κ3) is 1.15. The molecule has 0 saturated heterocycles. The molecule has 1 aromatic heterocycles. The molecule has 0 saturated carbocycles. The molecule has 0 radical (unpaired) electrons. The molecule has 0 unspecified atom stereocenters. The van der Waals surface area contributed by atoms with E-state index in [1.54, 1.807) is 0 Å². The van der Waals surface area contributed by atoms with E-state index in [9.17, 15) is 4.79 Å². The molecule has 2 rings (SSSR count). The molecule has 2 heterocycles. The number of H-pyrrole nitrogens is 1. The summed E-state index contributed by atoms with van der Waals surface area (Å²) in [6.45, 7) is 0.637. The maximum atomic E-state index is 11.2. The molecule has 0 spiro atoms. The summed E-state index contributed by atoms with van der Waals surface area (Å²) in [5.74, 6) is 0.748. The van der Waals surface area contributed by atoms with Gasteiger partial charge in [0.1, 0.15) is 5.75 Å². The third-order valence-electron chi connectivity index (χ3n) is 1.67. The minimum absolute atomic E-state index is 0.00981. The lowest BCUT2D eigenvalue weighted by Crippen LogP contribution is -2.11. The minimum atomic E-state index is -0.00981. The lowest BCUT2D eigenvalue weighted by atomic mass is 10.2. The molecule has 4 heteroatoms. The number of nitrogens with one attached hydrogen (secondary N) is 1. The van der Waals surface area contributed by atoms with Crippen molar-refractivity contribution in [2.24, 2.45) is 0 Å². The minimum Gasteiger partial charge on any atom is -0.493 e. The molecule has 0 fully saturated rings. The Balaban J connectivity index is 2.70. The summed E-state index contributed by atoms with van der Waals surface area (Å²) >= 11 is 2.06. The number of rotatable bonds is 0. The highest BCUT2D eigenvalue weighted by molar-refractivity contribution is 14.1. The third-order valence-corrected chi connectivity index (χ3v) is 2.25. The molecular formula is C7H6INO2. The van der Waals surface area contributed by atoms with E-state index in [4.69, 9.17) is 4.74 Å². The Bertz CT molecular complexity index is 345. The van der Waals surface area contributed by atoms with E-state index in [1.165, 1.54) is 0 Å². The molecule has 0 amide bonds. The number of ether oxygens (including phenoxy) is 1. The summed E-state index contributed by atoms with van der Waals surface area (Å²) in [5, 5.41) is 0. The second-order valence-electron chi connectivity index (χ2n) is 2.39. The van der Waals surface area contributed by atoms with Gasteiger partial charge in [0.25, 0.3) is 5.56 Å². The number of hydrogen-bond donors (Lipinski definition) is 1. The van der Waals surface area contributed by atoms with Crippen molar-refractivity contribution < 1.29 is 4.74 Å². The van der Waals surface area contributed by atoms with Crippen molar-refractivity contribution in [2.75, 3.05) is 6.61 Å². The van der Waals surface area contributed by atoms with Crippen molar-refractivity contribution in [2.45, 2.75) is 6.42 Å². The van der Waals surface area contributed by atoms with Crippen molar-refractivity contribution in [3.8, 4) is 5.75 Å². The lowest BCUT2D eigenvalue weighted by molar-refractivity contribution is 0.356. The summed E-state index contributed by atoms with van der Waals surface area (Å²) in [6.07, 6.45) is 0.738. The van der Waals surface area contributed by atoms with Gasteiger partial charge in [-0.25, -0.2) is 0 Å². The molecular weight excluding hydrogens is 257 g/mol. The fraction of sp³-hybridized carbons (Fsp3) is 0.286. The van der Waals surface area contributed by atoms with Crippen LogP contribution in [0.1, 0.15) is 5.56 Å². The van der Waals surface area contributed by atoms with E-state index < -0.39 is 0 Å². The molecule has 1 aliphatic heterocycles. The zero-order valence-electron chi connectivity index (χ0n) is 5.69. The first-order valence-corrected chi connectivity index (χ1v) is 4.40. The van der Waals surface area contributed by atoms with Crippen LogP contribution in [0.15, 0.2) is 10.9 Å². The van der Waals surface area contributed by atoms with Gasteiger partial charge in [0, 0.05) is 12.5 Å². The SMILES string of the molecule is O=c1[nH]c(I)cc2c1CCO2. The summed E-state index contributed by atoms with van der Waals surface area (Å²) < 4.78 is 6.06. The Hall–Kier alpha value is -0.520. The first-order valence-electron chi connectivity index (χ1n) is 3.32. The summed E-state index contributed by atoms with van der Waals surface area (Å²) in [5.41, 5.74) is 0.773. The Morgan fingerprint density at radius 1 is 1.64 bits per heavy atom. The van der Waals surface area contributed by atoms with E-state index in [1.807, 2.05) is 6.07 Å². The first-order chi connectivity index (χ1) is 5.27. The average Bonchev–Trinajstić information content (AvgIpc) is 2.34. The maximum Gasteiger partial charge on any atom is 0.255 e. The molecule has 3 nitrogen and oxygen atoms in total. The highest BCUT2D eigenvalue weighted by atomic mass is 127. The molecule has 1 aromatic rings. The van der Waals surface area contributed by atoms with Crippen LogP contribution in [0.3, 0.4) is 0 Å². The van der Waals surface area contributed by atoms with Crippen LogP contribution in [0.25, 0.3) is 0 Å². The number of aromatic nitrogens is 1. The second-order valence-corrected chi connectivity index (χ2v) is 3.55. The van der Waals surface area contributed by atoms with Crippen LogP contribution in [-0.4, -0.2) is 11.6 Å². The van der Waals surface area contributed by atoms with Crippen molar-refractivity contribution >= 4 is 22.6 Å². The van der Waals surface area contributed by atoms with Crippen molar-refractivity contribution in [1.29, 1.82) is 0 Å². The van der Waals surface area contributed by atoms with Gasteiger partial charge in [-0.05, 0) is 22.6 Å². The lowest BCUT2D eigenvalue weighted by Gasteiger charge is -1.96. The predicted molar refractivity (Wildman–Crippen MR) is 49.0 cm³/mol. The van der Waals surface area contributed by atoms with Gasteiger partial charge < -0.3 is 9.72 Å². The number of pyridine rings is 1. The Morgan fingerprint density at radius 3 is 3.27 bits per heavy atom. The van der Waals surface area contributed by atoms with Gasteiger partial charge >= 0.3 is 0 Å². The van der Waals surface area contributed by atoms with Gasteiger partial charge in [-0.15, -0.1) is 0 Å². The molecule has 0 aliphatic carbocycles. The van der Waals surface area contributed by atoms with Gasteiger partial charge in [-0.3, -0.25) is 4.79 Å². The van der Waals surface area contributed by atoms with Crippen LogP contribution >= 0.6 is 22.6 Å². The molecule has 1 aliphatic rings. The van der Waals surface area contributed by atoms with E-state index in [2.05, 4.69) is 27.6 Å². The van der Waals surface area contributed by atoms with E-state index >= 15 is 0 Å². The number of aromatic amines is 1. The van der Waals surface area contributed by atoms with Crippen LogP contribution < -0.4 is 10.3 Å². The van der Waals surface area contributed by atoms with Gasteiger partial charge in [-0.2, -0.15) is 0 Å². The number of hydrogen-bond acceptors (Lipinski definition) is 2. The van der Waals surface area contributed by atoms with Crippen LogP contribution in [0.2, 0.25) is 0 Å². The number of halogens is 1. The fourth-order valence-corrected chi connectivity index (χ4v) is 1.69. The van der Waals surface area contributed by atoms with Crippen molar-refractivity contribution in [3.63, 3.8) is 0 Å². The monoisotopic (exact) mass is 263 g/mol. The highest BCUT2D eigenvalue weighted by Crippen LogP contribution is 2.21. The molecule has 58 valence electrons.